The molecule has 1 heterocycles. The summed E-state index contributed by atoms with van der Waals surface area (Å²) in [6.07, 6.45) is 0.194. The summed E-state index contributed by atoms with van der Waals surface area (Å²) in [5.41, 5.74) is 0.292. The number of nitrogens with zero attached hydrogens (tertiary/aromatic N) is 1. The Labute approximate surface area is 110 Å². The minimum atomic E-state index is -0.590. The topological polar surface area (TPSA) is 40.5 Å². The van der Waals surface area contributed by atoms with Gasteiger partial charge in [-0.3, -0.25) is 4.79 Å². The Hall–Kier alpha value is -1.13. The van der Waals surface area contributed by atoms with E-state index < -0.39 is 5.82 Å². The van der Waals surface area contributed by atoms with Crippen molar-refractivity contribution >= 4 is 17.5 Å². The Morgan fingerprint density at radius 2 is 2.28 bits per heavy atom. The molecule has 2 rings (SSSR count). The number of carbonyl (C=O) groups excluding carboxylic acids is 1. The van der Waals surface area contributed by atoms with E-state index in [1.807, 2.05) is 6.92 Å². The first-order chi connectivity index (χ1) is 8.49. The summed E-state index contributed by atoms with van der Waals surface area (Å²) in [6, 6.07) is 4.05. The van der Waals surface area contributed by atoms with Crippen molar-refractivity contribution in [2.24, 2.45) is 5.92 Å². The molecule has 1 aromatic rings. The van der Waals surface area contributed by atoms with Crippen molar-refractivity contribution in [3.8, 4) is 0 Å². The predicted molar refractivity (Wildman–Crippen MR) is 67.1 cm³/mol. The molecule has 2 atom stereocenters. The molecule has 1 amide bonds. The maximum atomic E-state index is 13.3. The summed E-state index contributed by atoms with van der Waals surface area (Å²) < 4.78 is 13.3. The van der Waals surface area contributed by atoms with E-state index in [-0.39, 0.29) is 23.0 Å². The summed E-state index contributed by atoms with van der Waals surface area (Å²) in [4.78, 5) is 13.8. The zero-order valence-corrected chi connectivity index (χ0v) is 10.8. The maximum Gasteiger partial charge on any atom is 0.253 e. The van der Waals surface area contributed by atoms with Crippen molar-refractivity contribution in [3.05, 3.63) is 34.6 Å². The standard InChI is InChI=1S/C13H15ClFNO2/c1-8-7-16(5-4-12(8)17)13(18)9-2-3-10(14)11(15)6-9/h2-3,6,8,12,17H,4-5,7H2,1H3. The van der Waals surface area contributed by atoms with Crippen LogP contribution in [0.5, 0.6) is 0 Å². The maximum absolute atomic E-state index is 13.3. The number of rotatable bonds is 1. The van der Waals surface area contributed by atoms with Crippen LogP contribution in [-0.4, -0.2) is 35.1 Å². The molecule has 5 heteroatoms. The molecule has 0 radical (unpaired) electrons. The Morgan fingerprint density at radius 1 is 1.56 bits per heavy atom. The Balaban J connectivity index is 2.14. The first-order valence-electron chi connectivity index (χ1n) is 5.91. The van der Waals surface area contributed by atoms with Gasteiger partial charge in [0.25, 0.3) is 5.91 Å². The molecule has 0 saturated carbocycles. The lowest BCUT2D eigenvalue weighted by molar-refractivity contribution is 0.0297. The number of amides is 1. The van der Waals surface area contributed by atoms with E-state index >= 15 is 0 Å². The molecule has 0 aromatic heterocycles. The number of likely N-dealkylation sites (tertiary alicyclic amines) is 1. The highest BCUT2D eigenvalue weighted by atomic mass is 35.5. The third kappa shape index (κ3) is 2.65. The predicted octanol–water partition coefficient (Wildman–Crippen LogP) is 2.32. The van der Waals surface area contributed by atoms with Crippen LogP contribution in [0.4, 0.5) is 4.39 Å². The van der Waals surface area contributed by atoms with Crippen LogP contribution < -0.4 is 0 Å². The van der Waals surface area contributed by atoms with E-state index in [1.165, 1.54) is 12.1 Å². The molecule has 1 aromatic carbocycles. The van der Waals surface area contributed by atoms with Crippen LogP contribution in [0.1, 0.15) is 23.7 Å². The summed E-state index contributed by atoms with van der Waals surface area (Å²) in [7, 11) is 0. The second-order valence-electron chi connectivity index (χ2n) is 4.71. The van der Waals surface area contributed by atoms with Gasteiger partial charge in [0.05, 0.1) is 11.1 Å². The van der Waals surface area contributed by atoms with Crippen LogP contribution in [-0.2, 0) is 0 Å². The minimum absolute atomic E-state index is 0.00832. The Kier molecular flexibility index (Phi) is 3.88. The summed E-state index contributed by atoms with van der Waals surface area (Å²) in [6.45, 7) is 2.88. The van der Waals surface area contributed by atoms with Crippen molar-refractivity contribution in [2.75, 3.05) is 13.1 Å². The molecular weight excluding hydrogens is 257 g/mol. The van der Waals surface area contributed by atoms with Gasteiger partial charge in [-0.25, -0.2) is 4.39 Å². The summed E-state index contributed by atoms with van der Waals surface area (Å²) in [5, 5.41) is 9.62. The van der Waals surface area contributed by atoms with Gasteiger partial charge in [0.2, 0.25) is 0 Å². The van der Waals surface area contributed by atoms with E-state index in [9.17, 15) is 14.3 Å². The Bertz CT molecular complexity index is 466. The third-order valence-electron chi connectivity index (χ3n) is 3.31. The number of benzene rings is 1. The highest BCUT2D eigenvalue weighted by Crippen LogP contribution is 2.21. The van der Waals surface area contributed by atoms with Gasteiger partial charge in [-0.05, 0) is 30.5 Å². The molecule has 3 nitrogen and oxygen atoms in total. The zero-order chi connectivity index (χ0) is 13.3. The highest BCUT2D eigenvalue weighted by molar-refractivity contribution is 6.30. The lowest BCUT2D eigenvalue weighted by Crippen LogP contribution is -2.44. The first kappa shape index (κ1) is 13.3. The molecule has 0 bridgehead atoms. The van der Waals surface area contributed by atoms with Gasteiger partial charge in [0.15, 0.2) is 0 Å². The van der Waals surface area contributed by atoms with Crippen molar-refractivity contribution in [2.45, 2.75) is 19.4 Å². The minimum Gasteiger partial charge on any atom is -0.393 e. The van der Waals surface area contributed by atoms with Crippen LogP contribution in [0.2, 0.25) is 5.02 Å². The molecule has 0 spiro atoms. The van der Waals surface area contributed by atoms with Crippen LogP contribution >= 0.6 is 11.6 Å². The number of hydrogen-bond acceptors (Lipinski definition) is 2. The molecule has 0 aliphatic carbocycles. The molecule has 1 saturated heterocycles. The van der Waals surface area contributed by atoms with Gasteiger partial charge in [0, 0.05) is 18.7 Å². The number of piperidine rings is 1. The number of aliphatic hydroxyl groups excluding tert-OH is 1. The molecule has 1 aliphatic heterocycles. The van der Waals surface area contributed by atoms with Gasteiger partial charge >= 0.3 is 0 Å². The van der Waals surface area contributed by atoms with E-state index in [4.69, 9.17) is 11.6 Å². The second-order valence-corrected chi connectivity index (χ2v) is 5.12. The van der Waals surface area contributed by atoms with Crippen molar-refractivity contribution in [1.29, 1.82) is 0 Å². The number of hydrogen-bond donors (Lipinski definition) is 1. The molecule has 1 N–H and O–H groups in total. The quantitative estimate of drug-likeness (QED) is 0.852. The fourth-order valence-corrected chi connectivity index (χ4v) is 2.25. The largest absolute Gasteiger partial charge is 0.393 e. The molecule has 1 fully saturated rings. The lowest BCUT2D eigenvalue weighted by Gasteiger charge is -2.34. The Morgan fingerprint density at radius 3 is 2.89 bits per heavy atom. The van der Waals surface area contributed by atoms with Crippen LogP contribution in [0.25, 0.3) is 0 Å². The average Bonchev–Trinajstić information content (AvgIpc) is 2.35. The summed E-state index contributed by atoms with van der Waals surface area (Å²) >= 11 is 5.58. The van der Waals surface area contributed by atoms with Gasteiger partial charge in [-0.15, -0.1) is 0 Å². The zero-order valence-electron chi connectivity index (χ0n) is 10.1. The SMILES string of the molecule is CC1CN(C(=O)c2ccc(Cl)c(F)c2)CCC1O. The van der Waals surface area contributed by atoms with E-state index in [0.717, 1.165) is 6.07 Å². The van der Waals surface area contributed by atoms with Crippen LogP contribution in [0, 0.1) is 11.7 Å². The van der Waals surface area contributed by atoms with Crippen molar-refractivity contribution in [3.63, 3.8) is 0 Å². The summed E-state index contributed by atoms with van der Waals surface area (Å²) in [5.74, 6) is -0.767. The van der Waals surface area contributed by atoms with Crippen molar-refractivity contribution < 1.29 is 14.3 Å². The third-order valence-corrected chi connectivity index (χ3v) is 3.62. The molecule has 1 aliphatic rings. The fourth-order valence-electron chi connectivity index (χ4n) is 2.13. The van der Waals surface area contributed by atoms with E-state index in [2.05, 4.69) is 0 Å². The van der Waals surface area contributed by atoms with Crippen molar-refractivity contribution in [1.82, 2.24) is 4.90 Å². The average molecular weight is 272 g/mol. The first-order valence-corrected chi connectivity index (χ1v) is 6.29. The molecule has 2 unspecified atom stereocenters. The normalized spacial score (nSPS) is 24.1. The number of carbonyl (C=O) groups is 1. The molecular formula is C13H15ClFNO2. The van der Waals surface area contributed by atoms with Gasteiger partial charge < -0.3 is 10.0 Å². The fraction of sp³-hybridized carbons (Fsp3) is 0.462. The van der Waals surface area contributed by atoms with Crippen LogP contribution in [0.15, 0.2) is 18.2 Å². The molecule has 18 heavy (non-hydrogen) atoms. The van der Waals surface area contributed by atoms with Gasteiger partial charge in [-0.1, -0.05) is 18.5 Å². The van der Waals surface area contributed by atoms with Crippen LogP contribution in [0.3, 0.4) is 0 Å². The monoisotopic (exact) mass is 271 g/mol. The van der Waals surface area contributed by atoms with E-state index in [0.29, 0.717) is 25.1 Å². The smallest absolute Gasteiger partial charge is 0.253 e. The van der Waals surface area contributed by atoms with Gasteiger partial charge in [-0.2, -0.15) is 0 Å². The number of aliphatic hydroxyl groups is 1. The van der Waals surface area contributed by atoms with Gasteiger partial charge in [0.1, 0.15) is 5.82 Å². The highest BCUT2D eigenvalue weighted by Gasteiger charge is 2.27. The van der Waals surface area contributed by atoms with E-state index in [1.54, 1.807) is 4.90 Å². The second kappa shape index (κ2) is 5.24. The molecule has 98 valence electrons. The number of halogens is 2. The lowest BCUT2D eigenvalue weighted by atomic mass is 9.96.